The van der Waals surface area contributed by atoms with E-state index < -0.39 is 0 Å². The summed E-state index contributed by atoms with van der Waals surface area (Å²) in [7, 11) is 1.71. The van der Waals surface area contributed by atoms with Crippen LogP contribution in [-0.2, 0) is 17.7 Å². The summed E-state index contributed by atoms with van der Waals surface area (Å²) in [5.74, 6) is 0.859. The average Bonchev–Trinajstić information content (AvgIpc) is 2.97. The summed E-state index contributed by atoms with van der Waals surface area (Å²) in [6, 6.07) is 0. The molecule has 1 fully saturated rings. The zero-order chi connectivity index (χ0) is 11.9. The molecule has 2 rings (SSSR count). The SMILES string of the molecule is COCCNCc1nnc(CC2CCCC2)s1. The van der Waals surface area contributed by atoms with Crippen molar-refractivity contribution in [3.63, 3.8) is 0 Å². The maximum atomic E-state index is 4.98. The van der Waals surface area contributed by atoms with Crippen LogP contribution in [0, 0.1) is 5.92 Å². The van der Waals surface area contributed by atoms with Gasteiger partial charge in [0.05, 0.1) is 6.61 Å². The Morgan fingerprint density at radius 1 is 1.29 bits per heavy atom. The lowest BCUT2D eigenvalue weighted by atomic mass is 10.1. The van der Waals surface area contributed by atoms with Gasteiger partial charge in [-0.25, -0.2) is 0 Å². The lowest BCUT2D eigenvalue weighted by Crippen LogP contribution is -2.18. The van der Waals surface area contributed by atoms with Crippen molar-refractivity contribution in [3.05, 3.63) is 10.0 Å². The second-order valence-electron chi connectivity index (χ2n) is 4.61. The predicted molar refractivity (Wildman–Crippen MR) is 69.2 cm³/mol. The van der Waals surface area contributed by atoms with E-state index in [1.165, 1.54) is 30.7 Å². The highest BCUT2D eigenvalue weighted by atomic mass is 32.1. The minimum absolute atomic E-state index is 0.744. The number of hydrogen-bond donors (Lipinski definition) is 1. The molecule has 1 saturated carbocycles. The third-order valence-corrected chi connectivity index (χ3v) is 4.15. The van der Waals surface area contributed by atoms with Crippen molar-refractivity contribution in [2.24, 2.45) is 5.92 Å². The second-order valence-corrected chi connectivity index (χ2v) is 5.76. The van der Waals surface area contributed by atoms with E-state index in [1.807, 2.05) is 0 Å². The quantitative estimate of drug-likeness (QED) is 0.757. The molecule has 0 unspecified atom stereocenters. The van der Waals surface area contributed by atoms with Crippen molar-refractivity contribution < 1.29 is 4.74 Å². The van der Waals surface area contributed by atoms with Gasteiger partial charge >= 0.3 is 0 Å². The van der Waals surface area contributed by atoms with Crippen molar-refractivity contribution in [2.75, 3.05) is 20.3 Å². The van der Waals surface area contributed by atoms with E-state index in [4.69, 9.17) is 4.74 Å². The third-order valence-electron chi connectivity index (χ3n) is 3.21. The molecule has 5 heteroatoms. The molecule has 0 bridgehead atoms. The molecule has 17 heavy (non-hydrogen) atoms. The number of ether oxygens (including phenoxy) is 1. The molecule has 1 heterocycles. The van der Waals surface area contributed by atoms with Crippen LogP contribution >= 0.6 is 11.3 Å². The van der Waals surface area contributed by atoms with E-state index in [0.29, 0.717) is 0 Å². The molecule has 96 valence electrons. The standard InChI is InChI=1S/C12H21N3OS/c1-16-7-6-13-9-12-15-14-11(17-12)8-10-4-2-3-5-10/h10,13H,2-9H2,1H3. The lowest BCUT2D eigenvalue weighted by molar-refractivity contribution is 0.199. The highest BCUT2D eigenvalue weighted by Gasteiger charge is 2.17. The number of rotatable bonds is 7. The van der Waals surface area contributed by atoms with Crippen LogP contribution < -0.4 is 5.32 Å². The van der Waals surface area contributed by atoms with Crippen LogP contribution in [0.15, 0.2) is 0 Å². The third kappa shape index (κ3) is 4.33. The summed E-state index contributed by atoms with van der Waals surface area (Å²) in [6.45, 7) is 2.42. The van der Waals surface area contributed by atoms with Gasteiger partial charge in [-0.05, 0) is 5.92 Å². The smallest absolute Gasteiger partial charge is 0.131 e. The Kier molecular flexibility index (Phi) is 5.35. The highest BCUT2D eigenvalue weighted by Crippen LogP contribution is 2.28. The number of aromatic nitrogens is 2. The Bertz CT molecular complexity index is 323. The van der Waals surface area contributed by atoms with Gasteiger partial charge in [-0.1, -0.05) is 25.7 Å². The van der Waals surface area contributed by atoms with E-state index in [1.54, 1.807) is 18.4 Å². The van der Waals surface area contributed by atoms with Crippen molar-refractivity contribution in [1.82, 2.24) is 15.5 Å². The Labute approximate surface area is 107 Å². The summed E-state index contributed by atoms with van der Waals surface area (Å²) >= 11 is 1.75. The van der Waals surface area contributed by atoms with Crippen LogP contribution in [0.3, 0.4) is 0 Å². The first-order valence-corrected chi connectivity index (χ1v) is 7.21. The second kappa shape index (κ2) is 7.03. The minimum atomic E-state index is 0.744. The Morgan fingerprint density at radius 3 is 2.82 bits per heavy atom. The minimum Gasteiger partial charge on any atom is -0.383 e. The molecule has 0 atom stereocenters. The van der Waals surface area contributed by atoms with Gasteiger partial charge in [0.1, 0.15) is 10.0 Å². The van der Waals surface area contributed by atoms with Crippen molar-refractivity contribution in [1.29, 1.82) is 0 Å². The van der Waals surface area contributed by atoms with Crippen LogP contribution in [0.5, 0.6) is 0 Å². The Morgan fingerprint density at radius 2 is 2.06 bits per heavy atom. The molecular weight excluding hydrogens is 234 g/mol. The number of nitrogens with zero attached hydrogens (tertiary/aromatic N) is 2. The fraction of sp³-hybridized carbons (Fsp3) is 0.833. The number of methoxy groups -OCH3 is 1. The molecule has 1 aliphatic rings. The van der Waals surface area contributed by atoms with Crippen LogP contribution in [-0.4, -0.2) is 30.5 Å². The molecule has 0 aliphatic heterocycles. The normalized spacial score (nSPS) is 16.8. The van der Waals surface area contributed by atoms with Crippen molar-refractivity contribution >= 4 is 11.3 Å². The van der Waals surface area contributed by atoms with E-state index in [2.05, 4.69) is 15.5 Å². The summed E-state index contributed by atoms with van der Waals surface area (Å²) < 4.78 is 4.98. The van der Waals surface area contributed by atoms with E-state index in [9.17, 15) is 0 Å². The van der Waals surface area contributed by atoms with Gasteiger partial charge in [-0.2, -0.15) is 0 Å². The largest absolute Gasteiger partial charge is 0.383 e. The van der Waals surface area contributed by atoms with Gasteiger partial charge < -0.3 is 10.1 Å². The summed E-state index contributed by atoms with van der Waals surface area (Å²) in [6.07, 6.45) is 6.68. The molecule has 1 aromatic heterocycles. The molecule has 1 aliphatic carbocycles. The van der Waals surface area contributed by atoms with Crippen LogP contribution in [0.25, 0.3) is 0 Å². The highest BCUT2D eigenvalue weighted by molar-refractivity contribution is 7.11. The van der Waals surface area contributed by atoms with Crippen LogP contribution in [0.4, 0.5) is 0 Å². The molecule has 1 aromatic rings. The summed E-state index contributed by atoms with van der Waals surface area (Å²) in [4.78, 5) is 0. The molecule has 0 aromatic carbocycles. The van der Waals surface area contributed by atoms with Gasteiger partial charge in [-0.3, -0.25) is 0 Å². The fourth-order valence-electron chi connectivity index (χ4n) is 2.27. The number of nitrogens with one attached hydrogen (secondary N) is 1. The van der Waals surface area contributed by atoms with E-state index >= 15 is 0 Å². The first-order valence-electron chi connectivity index (χ1n) is 6.39. The Balaban J connectivity index is 1.71. The van der Waals surface area contributed by atoms with Gasteiger partial charge in [-0.15, -0.1) is 21.5 Å². The zero-order valence-corrected chi connectivity index (χ0v) is 11.3. The molecule has 0 radical (unpaired) electrons. The van der Waals surface area contributed by atoms with E-state index in [-0.39, 0.29) is 0 Å². The number of hydrogen-bond acceptors (Lipinski definition) is 5. The summed E-state index contributed by atoms with van der Waals surface area (Å²) in [5.41, 5.74) is 0. The van der Waals surface area contributed by atoms with Crippen molar-refractivity contribution in [2.45, 2.75) is 38.6 Å². The van der Waals surface area contributed by atoms with E-state index in [0.717, 1.165) is 37.0 Å². The molecule has 0 amide bonds. The maximum Gasteiger partial charge on any atom is 0.131 e. The van der Waals surface area contributed by atoms with Gasteiger partial charge in [0.15, 0.2) is 0 Å². The summed E-state index contributed by atoms with van der Waals surface area (Å²) in [5, 5.41) is 14.1. The zero-order valence-electron chi connectivity index (χ0n) is 10.4. The topological polar surface area (TPSA) is 47.0 Å². The molecular formula is C12H21N3OS. The molecule has 0 saturated heterocycles. The molecule has 4 nitrogen and oxygen atoms in total. The van der Waals surface area contributed by atoms with Gasteiger partial charge in [0, 0.05) is 26.6 Å². The first kappa shape index (κ1) is 12.9. The maximum absolute atomic E-state index is 4.98. The monoisotopic (exact) mass is 255 g/mol. The Hall–Kier alpha value is -0.520. The van der Waals surface area contributed by atoms with Crippen molar-refractivity contribution in [3.8, 4) is 0 Å². The van der Waals surface area contributed by atoms with Crippen LogP contribution in [0.1, 0.15) is 35.7 Å². The average molecular weight is 255 g/mol. The lowest BCUT2D eigenvalue weighted by Gasteiger charge is -2.03. The molecule has 0 spiro atoms. The van der Waals surface area contributed by atoms with Gasteiger partial charge in [0.2, 0.25) is 0 Å². The molecule has 1 N–H and O–H groups in total. The first-order chi connectivity index (χ1) is 8.38. The fourth-order valence-corrected chi connectivity index (χ4v) is 3.20. The predicted octanol–water partition coefficient (Wildman–Crippen LogP) is 2.01. The van der Waals surface area contributed by atoms with Crippen LogP contribution in [0.2, 0.25) is 0 Å². The van der Waals surface area contributed by atoms with Gasteiger partial charge in [0.25, 0.3) is 0 Å².